The lowest BCUT2D eigenvalue weighted by Gasteiger charge is -2.12. The van der Waals surface area contributed by atoms with Crippen LogP contribution in [0.1, 0.15) is 22.8 Å². The normalized spacial score (nSPS) is 14.9. The molecular formula is C15H15NO2. The van der Waals surface area contributed by atoms with Crippen LogP contribution in [0.4, 0.5) is 5.69 Å². The van der Waals surface area contributed by atoms with E-state index in [9.17, 15) is 5.11 Å². The topological polar surface area (TPSA) is 55.5 Å². The Bertz CT molecular complexity index is 563. The molecule has 0 aromatic heterocycles. The van der Waals surface area contributed by atoms with E-state index in [1.54, 1.807) is 12.1 Å². The van der Waals surface area contributed by atoms with Crippen LogP contribution in [0, 0.1) is 0 Å². The molecule has 3 heteroatoms. The number of anilines is 1. The first-order chi connectivity index (χ1) is 8.74. The predicted molar refractivity (Wildman–Crippen MR) is 70.6 cm³/mol. The Kier molecular flexibility index (Phi) is 2.68. The van der Waals surface area contributed by atoms with Crippen LogP contribution in [0.25, 0.3) is 0 Å². The van der Waals surface area contributed by atoms with Gasteiger partial charge in [-0.3, -0.25) is 0 Å². The van der Waals surface area contributed by atoms with Crippen molar-refractivity contribution in [2.45, 2.75) is 12.5 Å². The molecule has 18 heavy (non-hydrogen) atoms. The Balaban J connectivity index is 1.92. The highest BCUT2D eigenvalue weighted by Crippen LogP contribution is 2.30. The van der Waals surface area contributed by atoms with Gasteiger partial charge >= 0.3 is 0 Å². The van der Waals surface area contributed by atoms with Crippen molar-refractivity contribution in [3.63, 3.8) is 0 Å². The summed E-state index contributed by atoms with van der Waals surface area (Å²) in [7, 11) is 0. The largest absolute Gasteiger partial charge is 0.493 e. The summed E-state index contributed by atoms with van der Waals surface area (Å²) in [4.78, 5) is 0. The number of ether oxygens (including phenoxy) is 1. The van der Waals surface area contributed by atoms with Crippen LogP contribution in [0.5, 0.6) is 5.75 Å². The highest BCUT2D eigenvalue weighted by atomic mass is 16.5. The SMILES string of the molecule is Nc1ccc(C(O)c2ccc3c(c2)CCO3)cc1. The van der Waals surface area contributed by atoms with Gasteiger partial charge in [-0.15, -0.1) is 0 Å². The molecule has 1 aliphatic heterocycles. The van der Waals surface area contributed by atoms with Gasteiger partial charge in [0.1, 0.15) is 11.9 Å². The van der Waals surface area contributed by atoms with Crippen molar-refractivity contribution in [2.75, 3.05) is 12.3 Å². The maximum Gasteiger partial charge on any atom is 0.122 e. The zero-order valence-electron chi connectivity index (χ0n) is 9.97. The molecule has 1 atom stereocenters. The Hall–Kier alpha value is -2.00. The van der Waals surface area contributed by atoms with E-state index in [0.29, 0.717) is 5.69 Å². The van der Waals surface area contributed by atoms with Gasteiger partial charge in [-0.1, -0.05) is 18.2 Å². The van der Waals surface area contributed by atoms with Crippen molar-refractivity contribution in [1.82, 2.24) is 0 Å². The Morgan fingerprint density at radius 1 is 1.06 bits per heavy atom. The molecular weight excluding hydrogens is 226 g/mol. The molecule has 0 fully saturated rings. The van der Waals surface area contributed by atoms with E-state index in [4.69, 9.17) is 10.5 Å². The average molecular weight is 241 g/mol. The van der Waals surface area contributed by atoms with Gasteiger partial charge in [-0.05, 0) is 41.0 Å². The standard InChI is InChI=1S/C15H15NO2/c16-13-4-1-10(2-5-13)15(17)12-3-6-14-11(9-12)7-8-18-14/h1-6,9,15,17H,7-8,16H2. The van der Waals surface area contributed by atoms with Gasteiger partial charge in [0.15, 0.2) is 0 Å². The lowest BCUT2D eigenvalue weighted by atomic mass is 9.99. The van der Waals surface area contributed by atoms with E-state index < -0.39 is 6.10 Å². The van der Waals surface area contributed by atoms with Crippen molar-refractivity contribution in [2.24, 2.45) is 0 Å². The van der Waals surface area contributed by atoms with Crippen LogP contribution in [-0.4, -0.2) is 11.7 Å². The van der Waals surface area contributed by atoms with Crippen LogP contribution in [0.2, 0.25) is 0 Å². The highest BCUT2D eigenvalue weighted by Gasteiger charge is 2.16. The van der Waals surface area contributed by atoms with Gasteiger partial charge in [-0.25, -0.2) is 0 Å². The van der Waals surface area contributed by atoms with E-state index in [0.717, 1.165) is 29.9 Å². The van der Waals surface area contributed by atoms with E-state index in [1.807, 2.05) is 30.3 Å². The maximum atomic E-state index is 10.3. The summed E-state index contributed by atoms with van der Waals surface area (Å²) in [5.41, 5.74) is 9.25. The second-order valence-electron chi connectivity index (χ2n) is 4.53. The molecule has 3 N–H and O–H groups in total. The van der Waals surface area contributed by atoms with Gasteiger partial charge in [-0.2, -0.15) is 0 Å². The number of aliphatic hydroxyl groups is 1. The monoisotopic (exact) mass is 241 g/mol. The first-order valence-electron chi connectivity index (χ1n) is 6.03. The van der Waals surface area contributed by atoms with Crippen molar-refractivity contribution < 1.29 is 9.84 Å². The fourth-order valence-electron chi connectivity index (χ4n) is 2.25. The molecule has 2 aromatic rings. The molecule has 1 heterocycles. The number of nitrogens with two attached hydrogens (primary N) is 1. The molecule has 0 saturated heterocycles. The minimum atomic E-state index is -0.614. The van der Waals surface area contributed by atoms with Crippen LogP contribution in [0.15, 0.2) is 42.5 Å². The summed E-state index contributed by atoms with van der Waals surface area (Å²) >= 11 is 0. The summed E-state index contributed by atoms with van der Waals surface area (Å²) < 4.78 is 5.46. The second-order valence-corrected chi connectivity index (χ2v) is 4.53. The Morgan fingerprint density at radius 3 is 2.56 bits per heavy atom. The number of nitrogen functional groups attached to an aromatic ring is 1. The van der Waals surface area contributed by atoms with Gasteiger partial charge in [0, 0.05) is 12.1 Å². The minimum Gasteiger partial charge on any atom is -0.493 e. The molecule has 92 valence electrons. The fourth-order valence-corrected chi connectivity index (χ4v) is 2.25. The van der Waals surface area contributed by atoms with Crippen molar-refractivity contribution in [3.05, 3.63) is 59.2 Å². The van der Waals surface area contributed by atoms with E-state index in [1.165, 1.54) is 5.56 Å². The number of rotatable bonds is 2. The molecule has 0 spiro atoms. The first-order valence-corrected chi connectivity index (χ1v) is 6.03. The van der Waals surface area contributed by atoms with E-state index >= 15 is 0 Å². The van der Waals surface area contributed by atoms with Crippen molar-refractivity contribution >= 4 is 5.69 Å². The summed E-state index contributed by atoms with van der Waals surface area (Å²) in [6.07, 6.45) is 0.300. The third-order valence-electron chi connectivity index (χ3n) is 3.28. The minimum absolute atomic E-state index is 0.614. The number of aliphatic hydroxyl groups excluding tert-OH is 1. The van der Waals surface area contributed by atoms with E-state index in [2.05, 4.69) is 0 Å². The highest BCUT2D eigenvalue weighted by molar-refractivity contribution is 5.45. The summed E-state index contributed by atoms with van der Waals surface area (Å²) in [5, 5.41) is 10.3. The third-order valence-corrected chi connectivity index (χ3v) is 3.28. The number of hydrogen-bond donors (Lipinski definition) is 2. The maximum absolute atomic E-state index is 10.3. The molecule has 3 rings (SSSR count). The lowest BCUT2D eigenvalue weighted by molar-refractivity contribution is 0.220. The third kappa shape index (κ3) is 1.93. The first kappa shape index (κ1) is 11.1. The van der Waals surface area contributed by atoms with Crippen LogP contribution < -0.4 is 10.5 Å². The van der Waals surface area contributed by atoms with Crippen LogP contribution in [0.3, 0.4) is 0 Å². The molecule has 0 aliphatic carbocycles. The number of benzene rings is 2. The molecule has 0 saturated carbocycles. The quantitative estimate of drug-likeness (QED) is 0.793. The summed E-state index contributed by atoms with van der Waals surface area (Å²) in [5.74, 6) is 0.934. The van der Waals surface area contributed by atoms with E-state index in [-0.39, 0.29) is 0 Å². The van der Waals surface area contributed by atoms with Gasteiger partial charge in [0.05, 0.1) is 6.61 Å². The molecule has 0 bridgehead atoms. The zero-order valence-corrected chi connectivity index (χ0v) is 9.97. The average Bonchev–Trinajstić information content (AvgIpc) is 2.86. The second kappa shape index (κ2) is 4.35. The Labute approximate surface area is 106 Å². The smallest absolute Gasteiger partial charge is 0.122 e. The van der Waals surface area contributed by atoms with Gasteiger partial charge in [0.25, 0.3) is 0 Å². The summed E-state index contributed by atoms with van der Waals surface area (Å²) in [6.45, 7) is 0.733. The molecule has 3 nitrogen and oxygen atoms in total. The fraction of sp³-hybridized carbons (Fsp3) is 0.200. The molecule has 2 aromatic carbocycles. The van der Waals surface area contributed by atoms with Crippen LogP contribution in [-0.2, 0) is 6.42 Å². The number of hydrogen-bond acceptors (Lipinski definition) is 3. The van der Waals surface area contributed by atoms with Gasteiger partial charge in [0.2, 0.25) is 0 Å². The summed E-state index contributed by atoms with van der Waals surface area (Å²) in [6, 6.07) is 13.2. The Morgan fingerprint density at radius 2 is 1.78 bits per heavy atom. The lowest BCUT2D eigenvalue weighted by Crippen LogP contribution is -2.00. The molecule has 1 unspecified atom stereocenters. The van der Waals surface area contributed by atoms with Gasteiger partial charge < -0.3 is 15.6 Å². The molecule has 0 radical (unpaired) electrons. The molecule has 0 amide bonds. The molecule has 1 aliphatic rings. The zero-order chi connectivity index (χ0) is 12.5. The number of fused-ring (bicyclic) bond motifs is 1. The van der Waals surface area contributed by atoms with Crippen LogP contribution >= 0.6 is 0 Å². The van der Waals surface area contributed by atoms with Crippen molar-refractivity contribution in [1.29, 1.82) is 0 Å². The van der Waals surface area contributed by atoms with Crippen molar-refractivity contribution in [3.8, 4) is 5.75 Å². The predicted octanol–water partition coefficient (Wildman–Crippen LogP) is 2.29.